The predicted octanol–water partition coefficient (Wildman–Crippen LogP) is 1.97. The quantitative estimate of drug-likeness (QED) is 0.639. The average molecular weight is 194 g/mol. The molecule has 0 aromatic carbocycles. The first-order valence-electron chi connectivity index (χ1n) is 5.72. The number of ketones is 1. The first-order valence-corrected chi connectivity index (χ1v) is 5.72. The first kappa shape index (κ1) is 9.69. The van der Waals surface area contributed by atoms with E-state index < -0.39 is 0 Å². The van der Waals surface area contributed by atoms with Crippen molar-refractivity contribution in [3.05, 3.63) is 0 Å². The summed E-state index contributed by atoms with van der Waals surface area (Å²) in [6.07, 6.45) is 7.57. The molecule has 0 unspecified atom stereocenters. The van der Waals surface area contributed by atoms with Crippen LogP contribution in [0.3, 0.4) is 0 Å². The number of hydrogen-bond acceptors (Lipinski definition) is 3. The Kier molecular flexibility index (Phi) is 3.17. The highest BCUT2D eigenvalue weighted by molar-refractivity contribution is 6.40. The van der Waals surface area contributed by atoms with Crippen LogP contribution in [0.1, 0.15) is 44.9 Å². The van der Waals surface area contributed by atoms with Crippen LogP contribution in [0.2, 0.25) is 0 Å². The van der Waals surface area contributed by atoms with Crippen LogP contribution in [-0.4, -0.2) is 29.6 Å². The van der Waals surface area contributed by atoms with Crippen LogP contribution in [0.15, 0.2) is 5.10 Å². The largest absolute Gasteiger partial charge is 0.297 e. The fourth-order valence-corrected chi connectivity index (χ4v) is 2.12. The van der Waals surface area contributed by atoms with Crippen LogP contribution < -0.4 is 0 Å². The lowest BCUT2D eigenvalue weighted by Crippen LogP contribution is -2.29. The molecule has 0 N–H and O–H groups in total. The van der Waals surface area contributed by atoms with Crippen molar-refractivity contribution in [2.24, 2.45) is 5.10 Å². The fraction of sp³-hybridized carbons (Fsp3) is 0.818. The summed E-state index contributed by atoms with van der Waals surface area (Å²) >= 11 is 0. The van der Waals surface area contributed by atoms with E-state index in [2.05, 4.69) is 10.1 Å². The number of Topliss-reactive ketones (excluding diaryl/α,β-unsaturated/α-hetero) is 1. The maximum absolute atomic E-state index is 11.5. The number of piperidine rings is 1. The van der Waals surface area contributed by atoms with Gasteiger partial charge < -0.3 is 0 Å². The molecular formula is C11H18N2O. The Labute approximate surface area is 85.2 Å². The third-order valence-corrected chi connectivity index (χ3v) is 2.98. The lowest BCUT2D eigenvalue weighted by Gasteiger charge is -2.25. The Morgan fingerprint density at radius 3 is 2.36 bits per heavy atom. The van der Waals surface area contributed by atoms with Crippen LogP contribution in [0.5, 0.6) is 0 Å². The minimum absolute atomic E-state index is 0.279. The predicted molar refractivity (Wildman–Crippen MR) is 56.3 cm³/mol. The zero-order chi connectivity index (χ0) is 9.80. The summed E-state index contributed by atoms with van der Waals surface area (Å²) in [7, 11) is 0. The van der Waals surface area contributed by atoms with Crippen LogP contribution >= 0.6 is 0 Å². The molecule has 0 aromatic heterocycles. The van der Waals surface area contributed by atoms with Gasteiger partial charge in [-0.25, -0.2) is 0 Å². The second-order valence-corrected chi connectivity index (χ2v) is 4.19. The molecule has 1 saturated heterocycles. The smallest absolute Gasteiger partial charge is 0.178 e. The van der Waals surface area contributed by atoms with Crippen molar-refractivity contribution in [1.82, 2.24) is 5.01 Å². The Bertz CT molecular complexity index is 242. The molecule has 0 amide bonds. The lowest BCUT2D eigenvalue weighted by atomic mass is 9.97. The number of hydrogen-bond donors (Lipinski definition) is 0. The van der Waals surface area contributed by atoms with Crippen molar-refractivity contribution in [1.29, 1.82) is 0 Å². The number of nitrogens with zero attached hydrogens (tertiary/aromatic N) is 2. The Morgan fingerprint density at radius 2 is 1.64 bits per heavy atom. The molecule has 1 saturated carbocycles. The minimum Gasteiger partial charge on any atom is -0.297 e. The molecule has 0 atom stereocenters. The molecule has 1 heterocycles. The van der Waals surface area contributed by atoms with E-state index in [0.717, 1.165) is 38.1 Å². The number of hydrazone groups is 1. The Balaban J connectivity index is 1.96. The highest BCUT2D eigenvalue weighted by Crippen LogP contribution is 2.15. The van der Waals surface area contributed by atoms with Crippen molar-refractivity contribution in [2.45, 2.75) is 44.9 Å². The summed E-state index contributed by atoms with van der Waals surface area (Å²) in [5.74, 6) is 0.279. The van der Waals surface area contributed by atoms with Gasteiger partial charge in [0, 0.05) is 19.5 Å². The molecule has 2 aliphatic rings. The normalized spacial score (nSPS) is 27.0. The molecular weight excluding hydrogens is 176 g/mol. The molecule has 1 aliphatic carbocycles. The molecule has 1 aliphatic heterocycles. The van der Waals surface area contributed by atoms with Crippen LogP contribution in [0.25, 0.3) is 0 Å². The maximum Gasteiger partial charge on any atom is 0.178 e. The average Bonchev–Trinajstić information content (AvgIpc) is 2.23. The van der Waals surface area contributed by atoms with Gasteiger partial charge in [-0.2, -0.15) is 5.10 Å². The van der Waals surface area contributed by atoms with Gasteiger partial charge in [-0.1, -0.05) is 0 Å². The van der Waals surface area contributed by atoms with Crippen molar-refractivity contribution >= 4 is 11.5 Å². The van der Waals surface area contributed by atoms with Gasteiger partial charge in [-0.15, -0.1) is 0 Å². The lowest BCUT2D eigenvalue weighted by molar-refractivity contribution is -0.113. The second-order valence-electron chi connectivity index (χ2n) is 4.19. The summed E-state index contributed by atoms with van der Waals surface area (Å²) in [5, 5.41) is 6.56. The molecule has 2 fully saturated rings. The monoisotopic (exact) mass is 194 g/mol. The van der Waals surface area contributed by atoms with Crippen molar-refractivity contribution < 1.29 is 4.79 Å². The molecule has 2 rings (SSSR count). The van der Waals surface area contributed by atoms with Crippen LogP contribution in [-0.2, 0) is 4.79 Å². The zero-order valence-corrected chi connectivity index (χ0v) is 8.67. The fourth-order valence-electron chi connectivity index (χ4n) is 2.12. The van der Waals surface area contributed by atoms with Crippen LogP contribution in [0, 0.1) is 0 Å². The minimum atomic E-state index is 0.279. The van der Waals surface area contributed by atoms with Gasteiger partial charge in [0.1, 0.15) is 5.71 Å². The summed E-state index contributed by atoms with van der Waals surface area (Å²) in [6, 6.07) is 0. The molecule has 0 aromatic rings. The summed E-state index contributed by atoms with van der Waals surface area (Å²) in [4.78, 5) is 11.5. The zero-order valence-electron chi connectivity index (χ0n) is 8.67. The molecule has 0 bridgehead atoms. The highest BCUT2D eigenvalue weighted by atomic mass is 16.1. The molecule has 78 valence electrons. The van der Waals surface area contributed by atoms with Gasteiger partial charge in [0.2, 0.25) is 0 Å². The van der Waals surface area contributed by atoms with Crippen LogP contribution in [0.4, 0.5) is 0 Å². The molecule has 14 heavy (non-hydrogen) atoms. The third-order valence-electron chi connectivity index (χ3n) is 2.98. The molecule has 0 spiro atoms. The number of carbonyl (C=O) groups is 1. The standard InChI is InChI=1S/C11H18N2O/c14-11-7-3-2-6-10(11)12-13-8-4-1-5-9-13/h1-9H2. The molecule has 3 nitrogen and oxygen atoms in total. The van der Waals surface area contributed by atoms with Crippen molar-refractivity contribution in [2.75, 3.05) is 13.1 Å². The van der Waals surface area contributed by atoms with E-state index in [1.807, 2.05) is 0 Å². The van der Waals surface area contributed by atoms with E-state index in [9.17, 15) is 4.79 Å². The Hall–Kier alpha value is -0.860. The SMILES string of the molecule is O=C1CCCCC1=NN1CCCCC1. The summed E-state index contributed by atoms with van der Waals surface area (Å²) in [5.41, 5.74) is 0.832. The Morgan fingerprint density at radius 1 is 0.929 bits per heavy atom. The van der Waals surface area contributed by atoms with E-state index in [4.69, 9.17) is 0 Å². The van der Waals surface area contributed by atoms with Gasteiger partial charge in [-0.3, -0.25) is 9.80 Å². The molecule has 0 radical (unpaired) electrons. The van der Waals surface area contributed by atoms with Gasteiger partial charge in [0.15, 0.2) is 5.78 Å². The van der Waals surface area contributed by atoms with E-state index in [0.29, 0.717) is 6.42 Å². The van der Waals surface area contributed by atoms with Crippen molar-refractivity contribution in [3.63, 3.8) is 0 Å². The van der Waals surface area contributed by atoms with Gasteiger partial charge in [0.05, 0.1) is 0 Å². The second kappa shape index (κ2) is 4.58. The third kappa shape index (κ3) is 2.34. The number of rotatable bonds is 1. The van der Waals surface area contributed by atoms with E-state index in [1.54, 1.807) is 0 Å². The van der Waals surface area contributed by atoms with Gasteiger partial charge in [-0.05, 0) is 38.5 Å². The first-order chi connectivity index (χ1) is 6.86. The van der Waals surface area contributed by atoms with Crippen molar-refractivity contribution in [3.8, 4) is 0 Å². The number of carbonyl (C=O) groups excluding carboxylic acids is 1. The molecule has 3 heteroatoms. The van der Waals surface area contributed by atoms with E-state index in [1.165, 1.54) is 19.3 Å². The summed E-state index contributed by atoms with van der Waals surface area (Å²) < 4.78 is 0. The highest BCUT2D eigenvalue weighted by Gasteiger charge is 2.18. The summed E-state index contributed by atoms with van der Waals surface area (Å²) in [6.45, 7) is 2.08. The van der Waals surface area contributed by atoms with Gasteiger partial charge >= 0.3 is 0 Å². The van der Waals surface area contributed by atoms with E-state index >= 15 is 0 Å². The topological polar surface area (TPSA) is 32.7 Å². The van der Waals surface area contributed by atoms with E-state index in [-0.39, 0.29) is 5.78 Å². The van der Waals surface area contributed by atoms with Gasteiger partial charge in [0.25, 0.3) is 0 Å². The maximum atomic E-state index is 11.5.